The highest BCUT2D eigenvalue weighted by atomic mass is 35.5. The number of carbonyl (C=O) groups is 1. The third-order valence-corrected chi connectivity index (χ3v) is 5.22. The molecule has 1 N–H and O–H groups in total. The first-order chi connectivity index (χ1) is 7.27. The molecule has 94 valence electrons. The number of amides is 1. The van der Waals surface area contributed by atoms with E-state index in [1.807, 2.05) is 0 Å². The number of alkyl halides is 1. The highest BCUT2D eigenvalue weighted by Gasteiger charge is 2.30. The molecule has 0 aromatic heterocycles. The van der Waals surface area contributed by atoms with E-state index in [-0.39, 0.29) is 29.3 Å². The van der Waals surface area contributed by atoms with Crippen LogP contribution in [-0.4, -0.2) is 37.8 Å². The molecule has 0 aromatic carbocycles. The van der Waals surface area contributed by atoms with Crippen LogP contribution in [0.25, 0.3) is 0 Å². The molecule has 6 heteroatoms. The average Bonchev–Trinajstić information content (AvgIpc) is 2.21. The Labute approximate surface area is 102 Å². The van der Waals surface area contributed by atoms with Gasteiger partial charge in [-0.15, -0.1) is 11.6 Å². The van der Waals surface area contributed by atoms with Crippen molar-refractivity contribution in [2.45, 2.75) is 32.7 Å². The number of halogens is 1. The maximum atomic E-state index is 11.8. The van der Waals surface area contributed by atoms with Crippen LogP contribution in [0.1, 0.15) is 26.7 Å². The van der Waals surface area contributed by atoms with Crippen molar-refractivity contribution in [3.63, 3.8) is 0 Å². The van der Waals surface area contributed by atoms with E-state index in [0.29, 0.717) is 12.8 Å². The zero-order valence-electron chi connectivity index (χ0n) is 9.62. The number of carbonyl (C=O) groups excluding carboxylic acids is 1. The van der Waals surface area contributed by atoms with Gasteiger partial charge in [0.1, 0.15) is 9.84 Å². The average molecular weight is 268 g/mol. The lowest BCUT2D eigenvalue weighted by Gasteiger charge is -2.27. The van der Waals surface area contributed by atoms with E-state index in [9.17, 15) is 13.2 Å². The summed E-state index contributed by atoms with van der Waals surface area (Å²) in [4.78, 5) is 11.8. The molecular formula is C10H18ClNO3S. The van der Waals surface area contributed by atoms with E-state index in [1.54, 1.807) is 13.8 Å². The fraction of sp³-hybridized carbons (Fsp3) is 0.900. The van der Waals surface area contributed by atoms with Gasteiger partial charge in [0.2, 0.25) is 5.91 Å². The SMILES string of the molecule is CC(C)(CCl)C(=O)NC1CCS(=O)(=O)CC1. The molecule has 0 radical (unpaired) electrons. The summed E-state index contributed by atoms with van der Waals surface area (Å²) < 4.78 is 22.4. The Hall–Kier alpha value is -0.290. The topological polar surface area (TPSA) is 63.2 Å². The molecule has 0 atom stereocenters. The van der Waals surface area contributed by atoms with Crippen molar-refractivity contribution in [3.05, 3.63) is 0 Å². The lowest BCUT2D eigenvalue weighted by molar-refractivity contribution is -0.129. The van der Waals surface area contributed by atoms with Gasteiger partial charge in [-0.25, -0.2) is 8.42 Å². The van der Waals surface area contributed by atoms with E-state index in [4.69, 9.17) is 11.6 Å². The number of hydrogen-bond donors (Lipinski definition) is 1. The molecule has 0 aliphatic carbocycles. The Morgan fingerprint density at radius 3 is 2.31 bits per heavy atom. The van der Waals surface area contributed by atoms with E-state index >= 15 is 0 Å². The van der Waals surface area contributed by atoms with Gasteiger partial charge in [-0.1, -0.05) is 0 Å². The third kappa shape index (κ3) is 3.63. The summed E-state index contributed by atoms with van der Waals surface area (Å²) in [6, 6.07) is -0.0292. The number of nitrogens with one attached hydrogen (secondary N) is 1. The van der Waals surface area contributed by atoms with Gasteiger partial charge >= 0.3 is 0 Å². The fourth-order valence-corrected chi connectivity index (χ4v) is 3.09. The molecule has 1 amide bonds. The maximum absolute atomic E-state index is 11.8. The molecule has 0 aromatic rings. The third-order valence-electron chi connectivity index (χ3n) is 2.84. The van der Waals surface area contributed by atoms with Gasteiger partial charge in [0.05, 0.1) is 16.9 Å². The first-order valence-electron chi connectivity index (χ1n) is 5.34. The lowest BCUT2D eigenvalue weighted by Crippen LogP contribution is -2.46. The van der Waals surface area contributed by atoms with Crippen LogP contribution in [0.15, 0.2) is 0 Å². The predicted octanol–water partition coefficient (Wildman–Crippen LogP) is 0.945. The van der Waals surface area contributed by atoms with Crippen LogP contribution in [0, 0.1) is 5.41 Å². The highest BCUT2D eigenvalue weighted by Crippen LogP contribution is 2.19. The van der Waals surface area contributed by atoms with Crippen LogP contribution in [0.2, 0.25) is 0 Å². The van der Waals surface area contributed by atoms with Crippen molar-refractivity contribution in [1.82, 2.24) is 5.32 Å². The van der Waals surface area contributed by atoms with Crippen molar-refractivity contribution in [3.8, 4) is 0 Å². The predicted molar refractivity (Wildman–Crippen MR) is 64.3 cm³/mol. The van der Waals surface area contributed by atoms with Crippen LogP contribution in [0.3, 0.4) is 0 Å². The fourth-order valence-electron chi connectivity index (χ4n) is 1.48. The number of hydrogen-bond acceptors (Lipinski definition) is 3. The van der Waals surface area contributed by atoms with Gasteiger partial charge in [-0.05, 0) is 26.7 Å². The normalized spacial score (nSPS) is 21.7. The molecule has 1 aliphatic heterocycles. The summed E-state index contributed by atoms with van der Waals surface area (Å²) in [5.41, 5.74) is -0.599. The molecule has 1 fully saturated rings. The smallest absolute Gasteiger partial charge is 0.227 e. The molecule has 16 heavy (non-hydrogen) atoms. The van der Waals surface area contributed by atoms with Crippen LogP contribution >= 0.6 is 11.6 Å². The molecule has 0 unspecified atom stereocenters. The van der Waals surface area contributed by atoms with Crippen molar-refractivity contribution in [2.24, 2.45) is 5.41 Å². The van der Waals surface area contributed by atoms with E-state index in [2.05, 4.69) is 5.32 Å². The van der Waals surface area contributed by atoms with Gasteiger partial charge in [-0.2, -0.15) is 0 Å². The minimum Gasteiger partial charge on any atom is -0.353 e. The van der Waals surface area contributed by atoms with E-state index in [0.717, 1.165) is 0 Å². The minimum absolute atomic E-state index is 0.0292. The summed E-state index contributed by atoms with van der Waals surface area (Å²) in [6.07, 6.45) is 1.01. The van der Waals surface area contributed by atoms with Gasteiger partial charge in [0.15, 0.2) is 0 Å². The lowest BCUT2D eigenvalue weighted by atomic mass is 9.94. The molecule has 1 aliphatic rings. The van der Waals surface area contributed by atoms with Gasteiger partial charge in [-0.3, -0.25) is 4.79 Å². The molecule has 1 rings (SSSR count). The molecule has 1 heterocycles. The summed E-state index contributed by atoms with van der Waals surface area (Å²) in [5, 5.41) is 2.86. The zero-order valence-corrected chi connectivity index (χ0v) is 11.2. The summed E-state index contributed by atoms with van der Waals surface area (Å²) in [6.45, 7) is 3.55. The maximum Gasteiger partial charge on any atom is 0.227 e. The molecular weight excluding hydrogens is 250 g/mol. The van der Waals surface area contributed by atoms with Crippen molar-refractivity contribution in [2.75, 3.05) is 17.4 Å². The largest absolute Gasteiger partial charge is 0.353 e. The minimum atomic E-state index is -2.87. The molecule has 0 bridgehead atoms. The van der Waals surface area contributed by atoms with Crippen LogP contribution in [0.4, 0.5) is 0 Å². The standard InChI is InChI=1S/C10H18ClNO3S/c1-10(2,7-11)9(13)12-8-3-5-16(14,15)6-4-8/h8H,3-7H2,1-2H3,(H,12,13). The Bertz CT molecular complexity index is 350. The Kier molecular flexibility index (Phi) is 4.23. The molecule has 0 spiro atoms. The number of rotatable bonds is 3. The van der Waals surface area contributed by atoms with E-state index in [1.165, 1.54) is 0 Å². The number of sulfone groups is 1. The second-order valence-electron chi connectivity index (χ2n) is 4.92. The van der Waals surface area contributed by atoms with Crippen molar-refractivity contribution < 1.29 is 13.2 Å². The Morgan fingerprint density at radius 1 is 1.38 bits per heavy atom. The zero-order chi connectivity index (χ0) is 12.4. The monoisotopic (exact) mass is 267 g/mol. The highest BCUT2D eigenvalue weighted by molar-refractivity contribution is 7.91. The summed E-state index contributed by atoms with van der Waals surface area (Å²) in [5.74, 6) is 0.481. The summed E-state index contributed by atoms with van der Waals surface area (Å²) in [7, 11) is -2.87. The van der Waals surface area contributed by atoms with Crippen molar-refractivity contribution >= 4 is 27.3 Å². The first-order valence-corrected chi connectivity index (χ1v) is 7.70. The Morgan fingerprint density at radius 2 is 1.88 bits per heavy atom. The van der Waals surface area contributed by atoms with Crippen LogP contribution < -0.4 is 5.32 Å². The van der Waals surface area contributed by atoms with Crippen LogP contribution in [-0.2, 0) is 14.6 Å². The first kappa shape index (κ1) is 13.8. The quantitative estimate of drug-likeness (QED) is 0.775. The van der Waals surface area contributed by atoms with Gasteiger partial charge in [0, 0.05) is 11.9 Å². The van der Waals surface area contributed by atoms with Gasteiger partial charge < -0.3 is 5.32 Å². The van der Waals surface area contributed by atoms with E-state index < -0.39 is 15.3 Å². The molecule has 0 saturated carbocycles. The Balaban J connectivity index is 2.49. The van der Waals surface area contributed by atoms with Crippen LogP contribution in [0.5, 0.6) is 0 Å². The van der Waals surface area contributed by atoms with Gasteiger partial charge in [0.25, 0.3) is 0 Å². The molecule has 1 saturated heterocycles. The second kappa shape index (κ2) is 4.92. The molecule has 4 nitrogen and oxygen atoms in total. The second-order valence-corrected chi connectivity index (χ2v) is 7.49. The summed E-state index contributed by atoms with van der Waals surface area (Å²) >= 11 is 5.69. The van der Waals surface area contributed by atoms with Crippen molar-refractivity contribution in [1.29, 1.82) is 0 Å².